The van der Waals surface area contributed by atoms with Crippen molar-refractivity contribution >= 4 is 28.8 Å². The first-order valence-corrected chi connectivity index (χ1v) is 10.3. The molecule has 0 radical (unpaired) electrons. The summed E-state index contributed by atoms with van der Waals surface area (Å²) in [5.41, 5.74) is 3.31. The van der Waals surface area contributed by atoms with Gasteiger partial charge in [-0.2, -0.15) is 0 Å². The van der Waals surface area contributed by atoms with Crippen LogP contribution in [0.15, 0.2) is 65.6 Å². The monoisotopic (exact) mass is 445 g/mol. The average Bonchev–Trinajstić information content (AvgIpc) is 3.11. The van der Waals surface area contributed by atoms with E-state index in [0.717, 1.165) is 15.8 Å². The molecule has 4 rings (SSSR count). The number of nitrogens with one attached hydrogen (secondary N) is 2. The summed E-state index contributed by atoms with van der Waals surface area (Å²) in [6.45, 7) is 3.58. The zero-order valence-corrected chi connectivity index (χ0v) is 18.5. The molecule has 0 aliphatic carbocycles. The van der Waals surface area contributed by atoms with Gasteiger partial charge < -0.3 is 15.4 Å². The van der Waals surface area contributed by atoms with Gasteiger partial charge in [-0.1, -0.05) is 12.1 Å². The smallest absolute Gasteiger partial charge is 0.350 e. The predicted octanol–water partition coefficient (Wildman–Crippen LogP) is 3.01. The minimum absolute atomic E-state index is 0.249. The van der Waals surface area contributed by atoms with E-state index in [4.69, 9.17) is 4.74 Å². The molecule has 168 valence electrons. The number of nitrogens with zero attached hydrogens (tertiary/aromatic N) is 3. The van der Waals surface area contributed by atoms with Gasteiger partial charge >= 0.3 is 5.69 Å². The van der Waals surface area contributed by atoms with Gasteiger partial charge in [0.15, 0.2) is 5.65 Å². The summed E-state index contributed by atoms with van der Waals surface area (Å²) in [6.07, 6.45) is 1.41. The number of amides is 2. The molecule has 0 atom stereocenters. The summed E-state index contributed by atoms with van der Waals surface area (Å²) in [6, 6.07) is 15.8. The van der Waals surface area contributed by atoms with E-state index in [9.17, 15) is 14.4 Å². The molecule has 2 aromatic carbocycles. The van der Waals surface area contributed by atoms with Crippen molar-refractivity contribution in [2.45, 2.75) is 20.4 Å². The number of anilines is 2. The third-order valence-electron chi connectivity index (χ3n) is 5.15. The lowest BCUT2D eigenvalue weighted by Gasteiger charge is -2.08. The Morgan fingerprint density at radius 2 is 1.76 bits per heavy atom. The average molecular weight is 445 g/mol. The van der Waals surface area contributed by atoms with Gasteiger partial charge in [-0.15, -0.1) is 5.10 Å². The van der Waals surface area contributed by atoms with Crippen molar-refractivity contribution in [3.8, 4) is 5.75 Å². The molecule has 4 aromatic rings. The number of hydrogen-bond acceptors (Lipinski definition) is 5. The maximum absolute atomic E-state index is 12.8. The fourth-order valence-electron chi connectivity index (χ4n) is 3.33. The van der Waals surface area contributed by atoms with E-state index in [0.29, 0.717) is 22.8 Å². The number of aromatic nitrogens is 3. The van der Waals surface area contributed by atoms with Crippen LogP contribution in [-0.4, -0.2) is 33.1 Å². The number of pyridine rings is 1. The summed E-state index contributed by atoms with van der Waals surface area (Å²) in [4.78, 5) is 37.9. The quantitative estimate of drug-likeness (QED) is 0.475. The van der Waals surface area contributed by atoms with Gasteiger partial charge in [-0.25, -0.2) is 13.9 Å². The molecule has 2 amide bonds. The van der Waals surface area contributed by atoms with Crippen LogP contribution in [0.1, 0.15) is 21.5 Å². The number of hydrogen-bond donors (Lipinski definition) is 2. The van der Waals surface area contributed by atoms with Crippen LogP contribution in [0.25, 0.3) is 5.65 Å². The lowest BCUT2D eigenvalue weighted by molar-refractivity contribution is -0.117. The molecule has 9 heteroatoms. The van der Waals surface area contributed by atoms with E-state index < -0.39 is 5.69 Å². The van der Waals surface area contributed by atoms with Crippen molar-refractivity contribution in [3.63, 3.8) is 0 Å². The Balaban J connectivity index is 1.51. The number of benzene rings is 2. The van der Waals surface area contributed by atoms with Crippen LogP contribution in [0.5, 0.6) is 5.75 Å². The molecule has 0 fully saturated rings. The Kier molecular flexibility index (Phi) is 5.95. The number of carbonyl (C=O) groups is 2. The van der Waals surface area contributed by atoms with Crippen molar-refractivity contribution in [2.24, 2.45) is 0 Å². The Labute approximate surface area is 189 Å². The highest BCUT2D eigenvalue weighted by molar-refractivity contribution is 6.04. The third-order valence-corrected chi connectivity index (χ3v) is 5.15. The van der Waals surface area contributed by atoms with E-state index in [1.807, 2.05) is 32.0 Å². The molecule has 0 saturated carbocycles. The standard InChI is InChI=1S/C24H23N5O4/c1-15-4-5-16(2)20(12-15)26-22(30)14-29-24(32)28-13-17(6-11-21(28)27-29)23(31)25-18-7-9-19(33-3)10-8-18/h4-13H,14H2,1-3H3,(H,25,31)(H,26,30). The maximum Gasteiger partial charge on any atom is 0.350 e. The van der Waals surface area contributed by atoms with E-state index in [1.165, 1.54) is 10.6 Å². The number of carbonyl (C=O) groups excluding carboxylic acids is 2. The molecule has 0 spiro atoms. The highest BCUT2D eigenvalue weighted by Gasteiger charge is 2.14. The van der Waals surface area contributed by atoms with E-state index in [2.05, 4.69) is 15.7 Å². The van der Waals surface area contributed by atoms with Gasteiger partial charge in [0, 0.05) is 17.6 Å². The van der Waals surface area contributed by atoms with Crippen molar-refractivity contribution in [3.05, 3.63) is 88.0 Å². The van der Waals surface area contributed by atoms with Crippen LogP contribution in [0, 0.1) is 13.8 Å². The van der Waals surface area contributed by atoms with Crippen LogP contribution in [0.2, 0.25) is 0 Å². The molecule has 33 heavy (non-hydrogen) atoms. The van der Waals surface area contributed by atoms with Gasteiger partial charge in [0.1, 0.15) is 12.3 Å². The highest BCUT2D eigenvalue weighted by atomic mass is 16.5. The Hall–Kier alpha value is -4.40. The fourth-order valence-corrected chi connectivity index (χ4v) is 3.33. The molecule has 2 N–H and O–H groups in total. The molecule has 0 aliphatic rings. The van der Waals surface area contributed by atoms with Crippen LogP contribution < -0.4 is 21.1 Å². The van der Waals surface area contributed by atoms with Gasteiger partial charge in [0.25, 0.3) is 5.91 Å². The predicted molar refractivity (Wildman–Crippen MR) is 125 cm³/mol. The largest absolute Gasteiger partial charge is 0.497 e. The molecular formula is C24H23N5O4. The minimum Gasteiger partial charge on any atom is -0.497 e. The molecule has 9 nitrogen and oxygen atoms in total. The van der Waals surface area contributed by atoms with E-state index >= 15 is 0 Å². The Bertz CT molecular complexity index is 1400. The van der Waals surface area contributed by atoms with E-state index in [-0.39, 0.29) is 23.9 Å². The van der Waals surface area contributed by atoms with Crippen LogP contribution >= 0.6 is 0 Å². The molecule has 2 heterocycles. The summed E-state index contributed by atoms with van der Waals surface area (Å²) in [5, 5.41) is 9.78. The molecule has 2 aromatic heterocycles. The zero-order valence-electron chi connectivity index (χ0n) is 18.5. The SMILES string of the molecule is COc1ccc(NC(=O)c2ccc3nn(CC(=O)Nc4cc(C)ccc4C)c(=O)n3c2)cc1. The first kappa shape index (κ1) is 21.8. The molecule has 0 aliphatic heterocycles. The van der Waals surface area contributed by atoms with Crippen molar-refractivity contribution < 1.29 is 14.3 Å². The maximum atomic E-state index is 12.8. The Morgan fingerprint density at radius 1 is 1.00 bits per heavy atom. The lowest BCUT2D eigenvalue weighted by Crippen LogP contribution is -2.28. The van der Waals surface area contributed by atoms with E-state index in [1.54, 1.807) is 43.5 Å². The zero-order chi connectivity index (χ0) is 23.5. The lowest BCUT2D eigenvalue weighted by atomic mass is 10.1. The normalized spacial score (nSPS) is 10.8. The van der Waals surface area contributed by atoms with Gasteiger partial charge in [0.2, 0.25) is 5.91 Å². The number of rotatable bonds is 6. The fraction of sp³-hybridized carbons (Fsp3) is 0.167. The summed E-state index contributed by atoms with van der Waals surface area (Å²) in [5.74, 6) is -0.0731. The number of aryl methyl sites for hydroxylation is 2. The molecular weight excluding hydrogens is 422 g/mol. The highest BCUT2D eigenvalue weighted by Crippen LogP contribution is 2.17. The number of fused-ring (bicyclic) bond motifs is 1. The van der Waals surface area contributed by atoms with Crippen molar-refractivity contribution in [1.82, 2.24) is 14.2 Å². The van der Waals surface area contributed by atoms with Crippen molar-refractivity contribution in [2.75, 3.05) is 17.7 Å². The first-order valence-electron chi connectivity index (χ1n) is 10.3. The molecule has 0 unspecified atom stereocenters. The minimum atomic E-state index is -0.514. The van der Waals surface area contributed by atoms with Crippen LogP contribution in [-0.2, 0) is 11.3 Å². The molecule has 0 bridgehead atoms. The number of methoxy groups -OCH3 is 1. The van der Waals surface area contributed by atoms with Crippen molar-refractivity contribution in [1.29, 1.82) is 0 Å². The van der Waals surface area contributed by atoms with Crippen LogP contribution in [0.4, 0.5) is 11.4 Å². The topological polar surface area (TPSA) is 107 Å². The molecule has 0 saturated heterocycles. The summed E-state index contributed by atoms with van der Waals surface area (Å²) >= 11 is 0. The third kappa shape index (κ3) is 4.77. The summed E-state index contributed by atoms with van der Waals surface area (Å²) in [7, 11) is 1.56. The van der Waals surface area contributed by atoms with Gasteiger partial charge in [-0.05, 0) is 67.4 Å². The van der Waals surface area contributed by atoms with Gasteiger partial charge in [0.05, 0.1) is 12.7 Å². The van der Waals surface area contributed by atoms with Gasteiger partial charge in [-0.3, -0.25) is 9.59 Å². The second-order valence-corrected chi connectivity index (χ2v) is 7.64. The second-order valence-electron chi connectivity index (χ2n) is 7.64. The number of ether oxygens (including phenoxy) is 1. The second kappa shape index (κ2) is 8.99. The first-order chi connectivity index (χ1) is 15.8. The Morgan fingerprint density at radius 3 is 2.48 bits per heavy atom. The summed E-state index contributed by atoms with van der Waals surface area (Å²) < 4.78 is 7.42. The van der Waals surface area contributed by atoms with Crippen LogP contribution in [0.3, 0.4) is 0 Å².